The van der Waals surface area contributed by atoms with E-state index in [0.717, 1.165) is 11.1 Å². The van der Waals surface area contributed by atoms with Crippen LogP contribution in [-0.4, -0.2) is 34.5 Å². The van der Waals surface area contributed by atoms with E-state index in [-0.39, 0.29) is 16.5 Å². The lowest BCUT2D eigenvalue weighted by Crippen LogP contribution is -2.51. The average Bonchev–Trinajstić information content (AvgIpc) is 2.67. The Bertz CT molecular complexity index is 692. The lowest BCUT2D eigenvalue weighted by atomic mass is 9.84. The Morgan fingerprint density at radius 1 is 0.962 bits per heavy atom. The van der Waals surface area contributed by atoms with Gasteiger partial charge in [0.05, 0.1) is 30.8 Å². The van der Waals surface area contributed by atoms with E-state index in [2.05, 4.69) is 15.9 Å². The standard InChI is InChI=1S/C21H23BrO4/c22-18-11-17(14-25-12-15-7-3-1-4-8-15)19(23)21(20(18)24)26-13-16-9-5-2-6-10-16/h1-10,17-19,21,23H,11-14H2/t17-,18-,19-,21+/m1/s1. The molecule has 4 atom stereocenters. The zero-order chi connectivity index (χ0) is 18.4. The smallest absolute Gasteiger partial charge is 0.177 e. The van der Waals surface area contributed by atoms with Crippen molar-refractivity contribution in [3.63, 3.8) is 0 Å². The molecule has 1 aliphatic carbocycles. The molecule has 138 valence electrons. The van der Waals surface area contributed by atoms with Crippen molar-refractivity contribution in [3.8, 4) is 0 Å². The quantitative estimate of drug-likeness (QED) is 0.699. The molecule has 1 fully saturated rings. The summed E-state index contributed by atoms with van der Waals surface area (Å²) in [4.78, 5) is 12.1. The number of halogens is 1. The minimum atomic E-state index is -0.865. The van der Waals surface area contributed by atoms with Crippen molar-refractivity contribution in [1.82, 2.24) is 0 Å². The molecule has 0 amide bonds. The van der Waals surface area contributed by atoms with Crippen LogP contribution in [0.3, 0.4) is 0 Å². The number of benzene rings is 2. The summed E-state index contributed by atoms with van der Waals surface area (Å²) >= 11 is 3.43. The molecular formula is C21H23BrO4. The molecule has 2 aromatic carbocycles. The van der Waals surface area contributed by atoms with Gasteiger partial charge in [-0.25, -0.2) is 0 Å². The number of carbonyl (C=O) groups excluding carboxylic acids is 1. The molecule has 5 heteroatoms. The lowest BCUT2D eigenvalue weighted by molar-refractivity contribution is -0.151. The minimum absolute atomic E-state index is 0.104. The Hall–Kier alpha value is -1.53. The summed E-state index contributed by atoms with van der Waals surface area (Å²) < 4.78 is 11.6. The number of aliphatic hydroxyl groups is 1. The van der Waals surface area contributed by atoms with Crippen molar-refractivity contribution in [2.75, 3.05) is 6.61 Å². The van der Waals surface area contributed by atoms with E-state index in [4.69, 9.17) is 9.47 Å². The lowest BCUT2D eigenvalue weighted by Gasteiger charge is -2.36. The largest absolute Gasteiger partial charge is 0.390 e. The van der Waals surface area contributed by atoms with E-state index in [9.17, 15) is 9.90 Å². The fourth-order valence-corrected chi connectivity index (χ4v) is 3.87. The number of alkyl halides is 1. The molecule has 0 aromatic heterocycles. The van der Waals surface area contributed by atoms with Crippen LogP contribution in [0.5, 0.6) is 0 Å². The van der Waals surface area contributed by atoms with Crippen molar-refractivity contribution in [2.45, 2.75) is 36.7 Å². The summed E-state index contributed by atoms with van der Waals surface area (Å²) in [6.07, 6.45) is -1.16. The van der Waals surface area contributed by atoms with E-state index < -0.39 is 12.2 Å². The second kappa shape index (κ2) is 9.42. The maximum atomic E-state index is 12.4. The van der Waals surface area contributed by atoms with Gasteiger partial charge in [-0.1, -0.05) is 76.6 Å². The molecule has 4 nitrogen and oxygen atoms in total. The number of carbonyl (C=O) groups is 1. The molecule has 3 rings (SSSR count). The molecule has 26 heavy (non-hydrogen) atoms. The van der Waals surface area contributed by atoms with E-state index in [1.165, 1.54) is 0 Å². The van der Waals surface area contributed by atoms with Crippen molar-refractivity contribution >= 4 is 21.7 Å². The summed E-state index contributed by atoms with van der Waals surface area (Å²) in [5, 5.41) is 10.6. The molecule has 0 aliphatic heterocycles. The maximum absolute atomic E-state index is 12.4. The van der Waals surface area contributed by atoms with Gasteiger partial charge in [0.2, 0.25) is 0 Å². The highest BCUT2D eigenvalue weighted by molar-refractivity contribution is 9.10. The molecule has 0 bridgehead atoms. The number of hydrogen-bond donors (Lipinski definition) is 1. The fourth-order valence-electron chi connectivity index (χ4n) is 3.13. The summed E-state index contributed by atoms with van der Waals surface area (Å²) in [6, 6.07) is 19.5. The zero-order valence-electron chi connectivity index (χ0n) is 14.5. The fraction of sp³-hybridized carbons (Fsp3) is 0.381. The first-order valence-corrected chi connectivity index (χ1v) is 9.70. The van der Waals surface area contributed by atoms with Crippen molar-refractivity contribution < 1.29 is 19.4 Å². The molecule has 0 spiro atoms. The van der Waals surface area contributed by atoms with E-state index in [1.54, 1.807) is 0 Å². The molecule has 1 aliphatic rings. The van der Waals surface area contributed by atoms with Crippen molar-refractivity contribution in [3.05, 3.63) is 71.8 Å². The van der Waals surface area contributed by atoms with Gasteiger partial charge in [-0.3, -0.25) is 4.79 Å². The summed E-state index contributed by atoms with van der Waals surface area (Å²) in [7, 11) is 0. The zero-order valence-corrected chi connectivity index (χ0v) is 16.0. The van der Waals surface area contributed by atoms with Crippen LogP contribution < -0.4 is 0 Å². The van der Waals surface area contributed by atoms with Gasteiger partial charge >= 0.3 is 0 Å². The molecule has 1 N–H and O–H groups in total. The Kier molecular flexibility index (Phi) is 6.97. The first-order chi connectivity index (χ1) is 12.6. The average molecular weight is 419 g/mol. The van der Waals surface area contributed by atoms with Crippen molar-refractivity contribution in [1.29, 1.82) is 0 Å². The number of rotatable bonds is 7. The third-order valence-electron chi connectivity index (χ3n) is 4.61. The topological polar surface area (TPSA) is 55.8 Å². The van der Waals surface area contributed by atoms with Crippen LogP contribution in [0, 0.1) is 5.92 Å². The monoisotopic (exact) mass is 418 g/mol. The van der Waals surface area contributed by atoms with Crippen molar-refractivity contribution in [2.24, 2.45) is 5.92 Å². The van der Waals surface area contributed by atoms with Gasteiger partial charge in [0.25, 0.3) is 0 Å². The number of ketones is 1. The highest BCUT2D eigenvalue weighted by Gasteiger charge is 2.43. The molecule has 2 aromatic rings. The molecule has 0 radical (unpaired) electrons. The van der Waals surface area contributed by atoms with Crippen LogP contribution in [-0.2, 0) is 27.5 Å². The second-order valence-corrected chi connectivity index (χ2v) is 7.68. The van der Waals surface area contributed by atoms with Crippen LogP contribution >= 0.6 is 15.9 Å². The summed E-state index contributed by atoms with van der Waals surface area (Å²) in [6.45, 7) is 1.17. The third-order valence-corrected chi connectivity index (χ3v) is 5.43. The second-order valence-electron chi connectivity index (χ2n) is 6.57. The highest BCUT2D eigenvalue weighted by atomic mass is 79.9. The predicted molar refractivity (Wildman–Crippen MR) is 103 cm³/mol. The third kappa shape index (κ3) is 5.01. The maximum Gasteiger partial charge on any atom is 0.177 e. The Labute approximate surface area is 162 Å². The number of ether oxygens (including phenoxy) is 2. The minimum Gasteiger partial charge on any atom is -0.390 e. The molecular weight excluding hydrogens is 396 g/mol. The van der Waals surface area contributed by atoms with Crippen LogP contribution in [0.4, 0.5) is 0 Å². The number of hydrogen-bond acceptors (Lipinski definition) is 4. The Balaban J connectivity index is 1.56. The first-order valence-electron chi connectivity index (χ1n) is 8.78. The van der Waals surface area contributed by atoms with Crippen LogP contribution in [0.25, 0.3) is 0 Å². The first kappa shape index (κ1) is 19.2. The normalized spacial score (nSPS) is 26.0. The van der Waals surface area contributed by atoms with Gasteiger partial charge in [-0.05, 0) is 17.5 Å². The van der Waals surface area contributed by atoms with Gasteiger partial charge in [0.15, 0.2) is 5.78 Å². The molecule has 1 saturated carbocycles. The van der Waals surface area contributed by atoms with Gasteiger partial charge in [-0.15, -0.1) is 0 Å². The van der Waals surface area contributed by atoms with E-state index in [0.29, 0.717) is 26.2 Å². The molecule has 0 unspecified atom stereocenters. The van der Waals surface area contributed by atoms with Gasteiger partial charge in [0.1, 0.15) is 6.10 Å². The van der Waals surface area contributed by atoms with Crippen LogP contribution in [0.15, 0.2) is 60.7 Å². The Morgan fingerprint density at radius 2 is 1.54 bits per heavy atom. The van der Waals surface area contributed by atoms with Gasteiger partial charge < -0.3 is 14.6 Å². The predicted octanol–water partition coefficient (Wildman–Crippen LogP) is 3.50. The number of aliphatic hydroxyl groups excluding tert-OH is 1. The summed E-state index contributed by atoms with van der Waals surface area (Å²) in [5.41, 5.74) is 2.06. The summed E-state index contributed by atoms with van der Waals surface area (Å²) in [5.74, 6) is -0.255. The van der Waals surface area contributed by atoms with Crippen LogP contribution in [0.1, 0.15) is 17.5 Å². The van der Waals surface area contributed by atoms with E-state index >= 15 is 0 Å². The molecule has 0 saturated heterocycles. The highest BCUT2D eigenvalue weighted by Crippen LogP contribution is 2.30. The number of Topliss-reactive ketones (excluding diaryl/α,β-unsaturated/α-hetero) is 1. The SMILES string of the molecule is O=C1[C@H](Br)C[C@H](COCc2ccccc2)[C@@H](O)[C@@H]1OCc1ccccc1. The molecule has 0 heterocycles. The van der Waals surface area contributed by atoms with E-state index in [1.807, 2.05) is 60.7 Å². The van der Waals surface area contributed by atoms with Gasteiger partial charge in [0, 0.05) is 5.92 Å². The van der Waals surface area contributed by atoms with Crippen LogP contribution in [0.2, 0.25) is 0 Å². The van der Waals surface area contributed by atoms with Gasteiger partial charge in [-0.2, -0.15) is 0 Å². The Morgan fingerprint density at radius 3 is 2.15 bits per heavy atom.